The fraction of sp³-hybridized carbons (Fsp3) is 0.611. The summed E-state index contributed by atoms with van der Waals surface area (Å²) in [5.41, 5.74) is 9.80. The van der Waals surface area contributed by atoms with Crippen LogP contribution in [0.3, 0.4) is 0 Å². The molecule has 1 saturated heterocycles. The largest absolute Gasteiger partial charge is 0.397 e. The Labute approximate surface area is 134 Å². The third-order valence-corrected chi connectivity index (χ3v) is 4.36. The maximum absolute atomic E-state index is 12.0. The number of aryl methyl sites for hydroxylation is 1. The van der Waals surface area contributed by atoms with Crippen LogP contribution in [0, 0.1) is 24.7 Å². The van der Waals surface area contributed by atoms with Crippen LogP contribution in [0.15, 0.2) is 12.1 Å². The average Bonchev–Trinajstić information content (AvgIpc) is 2.40. The Hall–Kier alpha value is -1.71. The van der Waals surface area contributed by atoms with E-state index in [1.165, 1.54) is 17.7 Å². The highest BCUT2D eigenvalue weighted by molar-refractivity contribution is 5.96. The van der Waals surface area contributed by atoms with E-state index in [0.29, 0.717) is 17.5 Å². The first-order valence-electron chi connectivity index (χ1n) is 8.23. The molecule has 0 bridgehead atoms. The number of nitrogens with zero attached hydrogens (tertiary/aromatic N) is 1. The highest BCUT2D eigenvalue weighted by Gasteiger charge is 2.24. The average molecular weight is 303 g/mol. The Bertz CT molecular complexity index is 544. The number of hydrogen-bond donors (Lipinski definition) is 2. The summed E-state index contributed by atoms with van der Waals surface area (Å²) < 4.78 is 0. The van der Waals surface area contributed by atoms with Crippen molar-refractivity contribution in [3.05, 3.63) is 17.7 Å². The normalized spacial score (nSPS) is 22.0. The number of anilines is 3. The number of rotatable bonds is 3. The van der Waals surface area contributed by atoms with E-state index in [-0.39, 0.29) is 11.8 Å². The van der Waals surface area contributed by atoms with E-state index in [0.717, 1.165) is 18.8 Å². The van der Waals surface area contributed by atoms with Crippen molar-refractivity contribution < 1.29 is 4.79 Å². The van der Waals surface area contributed by atoms with Gasteiger partial charge in [0.05, 0.1) is 11.4 Å². The van der Waals surface area contributed by atoms with E-state index in [1.54, 1.807) is 0 Å². The van der Waals surface area contributed by atoms with Gasteiger partial charge >= 0.3 is 0 Å². The number of nitrogens with one attached hydrogen (secondary N) is 1. The molecular weight excluding hydrogens is 274 g/mol. The molecule has 1 fully saturated rings. The zero-order valence-corrected chi connectivity index (χ0v) is 14.4. The number of benzene rings is 1. The molecule has 2 rings (SSSR count). The summed E-state index contributed by atoms with van der Waals surface area (Å²) in [6.45, 7) is 12.6. The van der Waals surface area contributed by atoms with Crippen molar-refractivity contribution in [2.45, 2.75) is 41.0 Å². The molecule has 1 aromatic carbocycles. The molecule has 0 spiro atoms. The molecule has 22 heavy (non-hydrogen) atoms. The lowest BCUT2D eigenvalue weighted by Crippen LogP contribution is -2.39. The molecule has 122 valence electrons. The number of piperidine rings is 1. The Morgan fingerprint density at radius 3 is 2.41 bits per heavy atom. The summed E-state index contributed by atoms with van der Waals surface area (Å²) >= 11 is 0. The van der Waals surface area contributed by atoms with Crippen molar-refractivity contribution >= 4 is 23.0 Å². The van der Waals surface area contributed by atoms with E-state index < -0.39 is 0 Å². The first kappa shape index (κ1) is 16.7. The maximum atomic E-state index is 12.0. The van der Waals surface area contributed by atoms with E-state index in [2.05, 4.69) is 31.0 Å². The van der Waals surface area contributed by atoms with Crippen molar-refractivity contribution in [1.29, 1.82) is 0 Å². The van der Waals surface area contributed by atoms with Gasteiger partial charge < -0.3 is 16.0 Å². The topological polar surface area (TPSA) is 58.4 Å². The summed E-state index contributed by atoms with van der Waals surface area (Å²) in [5, 5.41) is 2.95. The zero-order chi connectivity index (χ0) is 16.4. The third-order valence-electron chi connectivity index (χ3n) is 4.36. The fourth-order valence-corrected chi connectivity index (χ4v) is 3.30. The van der Waals surface area contributed by atoms with E-state index in [4.69, 9.17) is 5.73 Å². The Balaban J connectivity index is 2.29. The van der Waals surface area contributed by atoms with Crippen LogP contribution in [0.2, 0.25) is 0 Å². The number of nitrogen functional groups attached to an aromatic ring is 1. The van der Waals surface area contributed by atoms with E-state index in [1.807, 2.05) is 26.0 Å². The van der Waals surface area contributed by atoms with E-state index >= 15 is 0 Å². The maximum Gasteiger partial charge on any atom is 0.226 e. The van der Waals surface area contributed by atoms with Gasteiger partial charge in [-0.05, 0) is 42.9 Å². The summed E-state index contributed by atoms with van der Waals surface area (Å²) in [6.07, 6.45) is 1.28. The Morgan fingerprint density at radius 2 is 1.86 bits per heavy atom. The predicted molar refractivity (Wildman–Crippen MR) is 94.2 cm³/mol. The summed E-state index contributed by atoms with van der Waals surface area (Å²) in [5.74, 6) is 1.32. The first-order valence-corrected chi connectivity index (χ1v) is 8.23. The standard InChI is InChI=1S/C18H29N3O/c1-11(2)18(22)20-16-8-17(14(5)7-15(16)19)21-9-12(3)6-13(4)10-21/h7-8,11-13H,6,9-10,19H2,1-5H3,(H,20,22)/t12-,13-/m0/s1. The van der Waals surface area contributed by atoms with Gasteiger partial charge in [0.2, 0.25) is 5.91 Å². The Morgan fingerprint density at radius 1 is 1.27 bits per heavy atom. The van der Waals surface area contributed by atoms with Gasteiger partial charge in [-0.2, -0.15) is 0 Å². The minimum absolute atomic E-state index is 0.00174. The van der Waals surface area contributed by atoms with Crippen molar-refractivity contribution in [2.75, 3.05) is 29.0 Å². The molecule has 4 heteroatoms. The second-order valence-electron chi connectivity index (χ2n) is 7.22. The van der Waals surface area contributed by atoms with Gasteiger partial charge in [0.15, 0.2) is 0 Å². The molecule has 1 aromatic rings. The van der Waals surface area contributed by atoms with Gasteiger partial charge in [0, 0.05) is 24.7 Å². The van der Waals surface area contributed by atoms with Crippen molar-refractivity contribution in [3.8, 4) is 0 Å². The van der Waals surface area contributed by atoms with Crippen LogP contribution >= 0.6 is 0 Å². The number of amides is 1. The molecule has 0 unspecified atom stereocenters. The highest BCUT2D eigenvalue weighted by Crippen LogP contribution is 2.33. The smallest absolute Gasteiger partial charge is 0.226 e. The first-order chi connectivity index (χ1) is 10.3. The van der Waals surface area contributed by atoms with Crippen molar-refractivity contribution in [3.63, 3.8) is 0 Å². The van der Waals surface area contributed by atoms with Gasteiger partial charge in [0.25, 0.3) is 0 Å². The van der Waals surface area contributed by atoms with Crippen LogP contribution in [-0.4, -0.2) is 19.0 Å². The minimum atomic E-state index is -0.0563. The predicted octanol–water partition coefficient (Wildman–Crippen LogP) is 3.65. The molecule has 4 nitrogen and oxygen atoms in total. The van der Waals surface area contributed by atoms with Crippen LogP contribution in [0.5, 0.6) is 0 Å². The molecule has 1 heterocycles. The Kier molecular flexibility index (Phi) is 4.99. The molecule has 3 N–H and O–H groups in total. The monoisotopic (exact) mass is 303 g/mol. The summed E-state index contributed by atoms with van der Waals surface area (Å²) in [7, 11) is 0. The molecule has 0 aliphatic carbocycles. The van der Waals surface area contributed by atoms with Crippen molar-refractivity contribution in [1.82, 2.24) is 0 Å². The SMILES string of the molecule is Cc1cc(N)c(NC(=O)C(C)C)cc1N1C[C@@H](C)C[C@H](C)C1. The molecule has 2 atom stereocenters. The summed E-state index contributed by atoms with van der Waals surface area (Å²) in [6, 6.07) is 4.00. The van der Waals surface area contributed by atoms with Crippen LogP contribution in [0.1, 0.15) is 39.7 Å². The quantitative estimate of drug-likeness (QED) is 0.838. The number of carbonyl (C=O) groups is 1. The molecule has 1 amide bonds. The van der Waals surface area contributed by atoms with Gasteiger partial charge in [-0.3, -0.25) is 4.79 Å². The van der Waals surface area contributed by atoms with Gasteiger partial charge in [0.1, 0.15) is 0 Å². The molecule has 0 aromatic heterocycles. The lowest BCUT2D eigenvalue weighted by Gasteiger charge is -2.37. The second kappa shape index (κ2) is 6.59. The molecule has 0 radical (unpaired) electrons. The molecular formula is C18H29N3O. The zero-order valence-electron chi connectivity index (χ0n) is 14.4. The van der Waals surface area contributed by atoms with Crippen LogP contribution in [0.25, 0.3) is 0 Å². The lowest BCUT2D eigenvalue weighted by atomic mass is 9.91. The van der Waals surface area contributed by atoms with Gasteiger partial charge in [-0.25, -0.2) is 0 Å². The molecule has 0 saturated carbocycles. The number of hydrogen-bond acceptors (Lipinski definition) is 3. The third kappa shape index (κ3) is 3.73. The summed E-state index contributed by atoms with van der Waals surface area (Å²) in [4.78, 5) is 14.4. The van der Waals surface area contributed by atoms with Crippen LogP contribution in [-0.2, 0) is 4.79 Å². The van der Waals surface area contributed by atoms with Crippen LogP contribution < -0.4 is 16.0 Å². The number of carbonyl (C=O) groups excluding carboxylic acids is 1. The van der Waals surface area contributed by atoms with E-state index in [9.17, 15) is 4.79 Å². The lowest BCUT2D eigenvalue weighted by molar-refractivity contribution is -0.118. The van der Waals surface area contributed by atoms with Gasteiger partial charge in [-0.15, -0.1) is 0 Å². The highest BCUT2D eigenvalue weighted by atomic mass is 16.1. The van der Waals surface area contributed by atoms with Crippen LogP contribution in [0.4, 0.5) is 17.1 Å². The molecule has 1 aliphatic rings. The minimum Gasteiger partial charge on any atom is -0.397 e. The molecule has 1 aliphatic heterocycles. The number of nitrogens with two attached hydrogens (primary N) is 1. The second-order valence-corrected chi connectivity index (χ2v) is 7.22. The van der Waals surface area contributed by atoms with Gasteiger partial charge in [-0.1, -0.05) is 27.7 Å². The fourth-order valence-electron chi connectivity index (χ4n) is 3.30. The van der Waals surface area contributed by atoms with Crippen molar-refractivity contribution in [2.24, 2.45) is 17.8 Å².